The summed E-state index contributed by atoms with van der Waals surface area (Å²) in [5, 5.41) is 0. The highest BCUT2D eigenvalue weighted by Crippen LogP contribution is 2.51. The molecule has 5 heteroatoms. The average Bonchev–Trinajstić information content (AvgIpc) is 2.90. The second kappa shape index (κ2) is 9.68. The minimum Gasteiger partial charge on any atom is -0.328 e. The van der Waals surface area contributed by atoms with Gasteiger partial charge in [0.15, 0.2) is 0 Å². The van der Waals surface area contributed by atoms with Crippen LogP contribution in [-0.4, -0.2) is 7.02 Å². The highest BCUT2D eigenvalue weighted by molar-refractivity contribution is 7.48. The van der Waals surface area contributed by atoms with Crippen molar-refractivity contribution in [1.82, 2.24) is 0 Å². The van der Waals surface area contributed by atoms with Crippen LogP contribution in [0.4, 0.5) is 11.4 Å². The zero-order chi connectivity index (χ0) is 24.8. The van der Waals surface area contributed by atoms with Crippen molar-refractivity contribution in [1.29, 1.82) is 0 Å². The predicted molar refractivity (Wildman–Crippen MR) is 150 cm³/mol. The van der Waals surface area contributed by atoms with Gasteiger partial charge in [-0.1, -0.05) is 114 Å². The van der Waals surface area contributed by atoms with E-state index in [1.54, 1.807) is 0 Å². The van der Waals surface area contributed by atoms with Crippen LogP contribution in [0.2, 0.25) is 0 Å². The quantitative estimate of drug-likeness (QED) is 0.286. The molecule has 180 valence electrons. The normalized spacial score (nSPS) is 16.4. The molecular formula is C28H40Cl2N2Si. The number of benzene rings is 2. The molecule has 1 heterocycles. The van der Waals surface area contributed by atoms with Gasteiger partial charge in [-0.05, 0) is 59.8 Å². The first-order chi connectivity index (χ1) is 15.3. The van der Waals surface area contributed by atoms with Crippen molar-refractivity contribution in [3.8, 4) is 0 Å². The lowest BCUT2D eigenvalue weighted by Gasteiger charge is -2.39. The molecule has 0 spiro atoms. The Balaban J connectivity index is 2.34. The van der Waals surface area contributed by atoms with Gasteiger partial charge in [0, 0.05) is 22.8 Å². The van der Waals surface area contributed by atoms with Gasteiger partial charge in [0.05, 0.1) is 0 Å². The average molecular weight is 504 g/mol. The molecule has 2 aromatic carbocycles. The van der Waals surface area contributed by atoms with E-state index in [4.69, 9.17) is 22.2 Å². The summed E-state index contributed by atoms with van der Waals surface area (Å²) in [4.78, 5) is 0. The lowest BCUT2D eigenvalue weighted by Crippen LogP contribution is -2.53. The zero-order valence-corrected chi connectivity index (χ0v) is 24.4. The van der Waals surface area contributed by atoms with Crippen LogP contribution in [0.5, 0.6) is 0 Å². The van der Waals surface area contributed by atoms with Gasteiger partial charge in [-0.15, -0.1) is 0 Å². The van der Waals surface area contributed by atoms with E-state index in [1.165, 1.54) is 33.6 Å². The Morgan fingerprint density at radius 3 is 1.00 bits per heavy atom. The third-order valence-corrected chi connectivity index (χ3v) is 11.1. The van der Waals surface area contributed by atoms with Gasteiger partial charge in [-0.25, -0.2) is 0 Å². The largest absolute Gasteiger partial charge is 0.478 e. The molecule has 0 aromatic heterocycles. The minimum atomic E-state index is -3.18. The fraction of sp³-hybridized carbons (Fsp3) is 0.500. The van der Waals surface area contributed by atoms with Gasteiger partial charge in [0.2, 0.25) is 0 Å². The van der Waals surface area contributed by atoms with Gasteiger partial charge in [0.25, 0.3) is 0 Å². The summed E-state index contributed by atoms with van der Waals surface area (Å²) in [5.41, 5.74) is 9.90. The molecule has 1 aliphatic rings. The summed E-state index contributed by atoms with van der Waals surface area (Å²) in [6.45, 7) is 22.3. The van der Waals surface area contributed by atoms with E-state index in [0.717, 1.165) is 11.4 Å². The Kier molecular flexibility index (Phi) is 7.68. The third kappa shape index (κ3) is 4.49. The number of halogens is 2. The Morgan fingerprint density at radius 2 is 0.788 bits per heavy atom. The van der Waals surface area contributed by atoms with Crippen LogP contribution in [0.3, 0.4) is 0 Å². The summed E-state index contributed by atoms with van der Waals surface area (Å²) in [6, 6.07) is 13.3. The lowest BCUT2D eigenvalue weighted by atomic mass is 9.92. The van der Waals surface area contributed by atoms with Crippen molar-refractivity contribution in [2.24, 2.45) is 0 Å². The first-order valence-corrected chi connectivity index (χ1v) is 16.1. The maximum atomic E-state index is 7.58. The maximum absolute atomic E-state index is 7.58. The molecule has 0 atom stereocenters. The van der Waals surface area contributed by atoms with Crippen molar-refractivity contribution in [2.45, 2.75) is 92.9 Å². The number of allylic oxidation sites excluding steroid dienone is 2. The van der Waals surface area contributed by atoms with E-state index in [1.807, 2.05) is 0 Å². The van der Waals surface area contributed by atoms with Crippen molar-refractivity contribution in [3.63, 3.8) is 0 Å². The molecule has 0 fully saturated rings. The van der Waals surface area contributed by atoms with E-state index in [-0.39, 0.29) is 0 Å². The SMILES string of the molecule is CC1=C(C)N(c2c(C(C)C)cccc2C(C)C)[Si](Cl)(Cl)N1c1c(C(C)C)cccc1C(C)C. The monoisotopic (exact) mass is 502 g/mol. The molecule has 3 rings (SSSR count). The summed E-state index contributed by atoms with van der Waals surface area (Å²) in [5.74, 6) is 1.47. The maximum Gasteiger partial charge on any atom is 0.478 e. The van der Waals surface area contributed by atoms with Gasteiger partial charge in [-0.2, -0.15) is 0 Å². The van der Waals surface area contributed by atoms with E-state index in [2.05, 4.69) is 115 Å². The molecular weight excluding hydrogens is 463 g/mol. The molecule has 0 bridgehead atoms. The van der Waals surface area contributed by atoms with Crippen LogP contribution in [-0.2, 0) is 0 Å². The van der Waals surface area contributed by atoms with Crippen molar-refractivity contribution in [3.05, 3.63) is 70.0 Å². The number of hydrogen-bond donors (Lipinski definition) is 0. The fourth-order valence-electron chi connectivity index (χ4n) is 4.97. The summed E-state index contributed by atoms with van der Waals surface area (Å²) >= 11 is 15.2. The Bertz CT molecular complexity index is 920. The predicted octanol–water partition coefficient (Wildman–Crippen LogP) is 9.67. The van der Waals surface area contributed by atoms with E-state index < -0.39 is 7.02 Å². The Labute approximate surface area is 212 Å². The summed E-state index contributed by atoms with van der Waals surface area (Å²) in [6.07, 6.45) is 0. The van der Waals surface area contributed by atoms with Gasteiger partial charge < -0.3 is 9.13 Å². The molecule has 0 aliphatic carbocycles. The topological polar surface area (TPSA) is 6.48 Å². The molecule has 0 saturated carbocycles. The van der Waals surface area contributed by atoms with Crippen molar-refractivity contribution < 1.29 is 0 Å². The van der Waals surface area contributed by atoms with Crippen LogP contribution in [0.1, 0.15) is 115 Å². The lowest BCUT2D eigenvalue weighted by molar-refractivity contribution is 0.830. The van der Waals surface area contributed by atoms with Gasteiger partial charge in [-0.3, -0.25) is 0 Å². The highest BCUT2D eigenvalue weighted by Gasteiger charge is 2.54. The Morgan fingerprint density at radius 1 is 0.545 bits per heavy atom. The number of anilines is 2. The second-order valence-electron chi connectivity index (χ2n) is 10.5. The highest BCUT2D eigenvalue weighted by atomic mass is 35.7. The van der Waals surface area contributed by atoms with E-state index >= 15 is 0 Å². The standard InChI is InChI=1S/C28H40Cl2N2Si/c1-17(2)23-13-11-14-24(18(3)4)27(23)31-21(9)22(10)32(33(31,29)30)28-25(19(5)6)15-12-16-26(28)20(7)8/h11-20H,1-10H3. The third-order valence-electron chi connectivity index (χ3n) is 6.86. The summed E-state index contributed by atoms with van der Waals surface area (Å²) in [7, 11) is -3.18. The zero-order valence-electron chi connectivity index (χ0n) is 21.9. The van der Waals surface area contributed by atoms with E-state index in [9.17, 15) is 0 Å². The molecule has 33 heavy (non-hydrogen) atoms. The molecule has 1 aliphatic heterocycles. The molecule has 0 amide bonds. The number of nitrogens with zero attached hydrogens (tertiary/aromatic N) is 2. The first kappa shape index (κ1) is 26.2. The van der Waals surface area contributed by atoms with Gasteiger partial charge >= 0.3 is 7.02 Å². The summed E-state index contributed by atoms with van der Waals surface area (Å²) < 4.78 is 4.61. The van der Waals surface area contributed by atoms with Gasteiger partial charge in [0.1, 0.15) is 0 Å². The van der Waals surface area contributed by atoms with Crippen LogP contribution in [0, 0.1) is 0 Å². The van der Waals surface area contributed by atoms with Crippen molar-refractivity contribution in [2.75, 3.05) is 9.13 Å². The number of para-hydroxylation sites is 2. The van der Waals surface area contributed by atoms with Crippen LogP contribution in [0.15, 0.2) is 47.8 Å². The molecule has 2 nitrogen and oxygen atoms in total. The van der Waals surface area contributed by atoms with Crippen LogP contribution >= 0.6 is 22.2 Å². The van der Waals surface area contributed by atoms with Crippen LogP contribution < -0.4 is 9.13 Å². The smallest absolute Gasteiger partial charge is 0.328 e. The second-order valence-corrected chi connectivity index (χ2v) is 16.2. The first-order valence-electron chi connectivity index (χ1n) is 12.2. The minimum absolute atomic E-state index is 0.369. The molecule has 2 aromatic rings. The number of rotatable bonds is 6. The number of hydrogen-bond acceptors (Lipinski definition) is 2. The Hall–Kier alpha value is -1.42. The molecule has 0 radical (unpaired) electrons. The van der Waals surface area contributed by atoms with Crippen LogP contribution in [0.25, 0.3) is 0 Å². The van der Waals surface area contributed by atoms with E-state index in [0.29, 0.717) is 23.7 Å². The fourth-order valence-corrected chi connectivity index (χ4v) is 9.89. The molecule has 0 N–H and O–H groups in total. The van der Waals surface area contributed by atoms with Crippen molar-refractivity contribution >= 4 is 40.5 Å². The molecule has 0 unspecified atom stereocenters. The molecule has 0 saturated heterocycles.